The summed E-state index contributed by atoms with van der Waals surface area (Å²) < 4.78 is 0. The minimum Gasteiger partial charge on any atom is -0.393 e. The lowest BCUT2D eigenvalue weighted by molar-refractivity contribution is 0.126. The molecule has 0 radical (unpaired) electrons. The minimum atomic E-state index is -0.152. The summed E-state index contributed by atoms with van der Waals surface area (Å²) in [5.41, 5.74) is 9.98. The Morgan fingerprint density at radius 3 is 2.65 bits per heavy atom. The van der Waals surface area contributed by atoms with Gasteiger partial charge in [0.2, 0.25) is 0 Å². The molecule has 1 aromatic carbocycles. The highest BCUT2D eigenvalue weighted by molar-refractivity contribution is 5.65. The third kappa shape index (κ3) is 3.12. The molecule has 0 bridgehead atoms. The van der Waals surface area contributed by atoms with Crippen molar-refractivity contribution in [3.8, 4) is 0 Å². The van der Waals surface area contributed by atoms with Gasteiger partial charge in [0, 0.05) is 16.6 Å². The molecule has 1 saturated carbocycles. The highest BCUT2D eigenvalue weighted by atomic mass is 16.3. The van der Waals surface area contributed by atoms with Gasteiger partial charge in [-0.15, -0.1) is 0 Å². The molecule has 2 N–H and O–H groups in total. The molecule has 2 rings (SSSR count). The minimum absolute atomic E-state index is 0.152. The molecule has 0 atom stereocenters. The zero-order valence-corrected chi connectivity index (χ0v) is 9.58. The van der Waals surface area contributed by atoms with E-state index in [1.807, 2.05) is 18.2 Å². The summed E-state index contributed by atoms with van der Waals surface area (Å²) in [5, 5.41) is 16.5. The van der Waals surface area contributed by atoms with Crippen molar-refractivity contribution >= 4 is 11.4 Å². The van der Waals surface area contributed by atoms with Gasteiger partial charge in [0.05, 0.1) is 11.8 Å². The zero-order chi connectivity index (χ0) is 12.1. The molecule has 90 valence electrons. The van der Waals surface area contributed by atoms with Gasteiger partial charge in [0.1, 0.15) is 0 Å². The van der Waals surface area contributed by atoms with Gasteiger partial charge < -0.3 is 10.4 Å². The average Bonchev–Trinajstić information content (AvgIpc) is 2.35. The standard InChI is InChI=1S/C12H16N4O/c13-16-15-12-4-2-1-3-11(12)14-9-5-7-10(17)8-6-9/h1-4,9-10,14,17H,5-8H2. The SMILES string of the molecule is [N-]=[N+]=Nc1ccccc1NC1CCC(O)CC1. The van der Waals surface area contributed by atoms with Crippen molar-refractivity contribution in [2.45, 2.75) is 37.8 Å². The molecular weight excluding hydrogens is 216 g/mol. The Morgan fingerprint density at radius 1 is 1.24 bits per heavy atom. The number of benzene rings is 1. The molecule has 0 aliphatic heterocycles. The van der Waals surface area contributed by atoms with Crippen molar-refractivity contribution in [1.82, 2.24) is 0 Å². The van der Waals surface area contributed by atoms with Gasteiger partial charge in [0.25, 0.3) is 0 Å². The van der Waals surface area contributed by atoms with E-state index in [-0.39, 0.29) is 6.10 Å². The second-order valence-corrected chi connectivity index (χ2v) is 4.36. The Balaban J connectivity index is 2.05. The van der Waals surface area contributed by atoms with Crippen molar-refractivity contribution < 1.29 is 5.11 Å². The van der Waals surface area contributed by atoms with Crippen LogP contribution in [0.4, 0.5) is 11.4 Å². The van der Waals surface area contributed by atoms with Gasteiger partial charge in [-0.2, -0.15) is 0 Å². The number of nitrogens with zero attached hydrogens (tertiary/aromatic N) is 3. The van der Waals surface area contributed by atoms with E-state index in [4.69, 9.17) is 5.53 Å². The van der Waals surface area contributed by atoms with E-state index < -0.39 is 0 Å². The summed E-state index contributed by atoms with van der Waals surface area (Å²) in [4.78, 5) is 2.82. The molecule has 0 saturated heterocycles. The highest BCUT2D eigenvalue weighted by Gasteiger charge is 2.19. The largest absolute Gasteiger partial charge is 0.393 e. The quantitative estimate of drug-likeness (QED) is 0.476. The summed E-state index contributed by atoms with van der Waals surface area (Å²) in [5.74, 6) is 0. The van der Waals surface area contributed by atoms with Crippen LogP contribution in [0.1, 0.15) is 25.7 Å². The number of hydrogen-bond donors (Lipinski definition) is 2. The Bertz CT molecular complexity index is 420. The molecule has 0 aromatic heterocycles. The Hall–Kier alpha value is -1.71. The first kappa shape index (κ1) is 11.8. The topological polar surface area (TPSA) is 81.0 Å². The fraction of sp³-hybridized carbons (Fsp3) is 0.500. The number of azide groups is 1. The van der Waals surface area contributed by atoms with Crippen LogP contribution < -0.4 is 5.32 Å². The van der Waals surface area contributed by atoms with Gasteiger partial charge in [-0.05, 0) is 37.3 Å². The molecule has 0 unspecified atom stereocenters. The van der Waals surface area contributed by atoms with E-state index >= 15 is 0 Å². The van der Waals surface area contributed by atoms with Crippen molar-refractivity contribution in [3.05, 3.63) is 34.7 Å². The summed E-state index contributed by atoms with van der Waals surface area (Å²) in [6.07, 6.45) is 3.42. The number of anilines is 1. The fourth-order valence-corrected chi connectivity index (χ4v) is 2.17. The molecule has 5 nitrogen and oxygen atoms in total. The number of aliphatic hydroxyl groups excluding tert-OH is 1. The summed E-state index contributed by atoms with van der Waals surface area (Å²) in [6.45, 7) is 0. The normalized spacial score (nSPS) is 23.8. The van der Waals surface area contributed by atoms with E-state index in [0.717, 1.165) is 31.4 Å². The maximum Gasteiger partial charge on any atom is 0.0607 e. The molecule has 0 amide bonds. The number of nitrogens with one attached hydrogen (secondary N) is 1. The summed E-state index contributed by atoms with van der Waals surface area (Å²) >= 11 is 0. The van der Waals surface area contributed by atoms with Crippen LogP contribution >= 0.6 is 0 Å². The van der Waals surface area contributed by atoms with Gasteiger partial charge in [0.15, 0.2) is 0 Å². The number of hydrogen-bond acceptors (Lipinski definition) is 3. The monoisotopic (exact) mass is 232 g/mol. The van der Waals surface area contributed by atoms with E-state index in [1.165, 1.54) is 0 Å². The van der Waals surface area contributed by atoms with E-state index in [1.54, 1.807) is 6.07 Å². The lowest BCUT2D eigenvalue weighted by Crippen LogP contribution is -2.28. The number of aliphatic hydroxyl groups is 1. The van der Waals surface area contributed by atoms with Gasteiger partial charge in [-0.25, -0.2) is 0 Å². The van der Waals surface area contributed by atoms with E-state index in [9.17, 15) is 5.11 Å². The second-order valence-electron chi connectivity index (χ2n) is 4.36. The van der Waals surface area contributed by atoms with Crippen LogP contribution in [0.2, 0.25) is 0 Å². The number of rotatable bonds is 3. The van der Waals surface area contributed by atoms with Crippen molar-refractivity contribution in [2.75, 3.05) is 5.32 Å². The molecule has 1 aliphatic carbocycles. The smallest absolute Gasteiger partial charge is 0.0607 e. The molecule has 0 spiro atoms. The van der Waals surface area contributed by atoms with Crippen LogP contribution in [0.15, 0.2) is 29.4 Å². The van der Waals surface area contributed by atoms with Crippen LogP contribution in [0.25, 0.3) is 10.4 Å². The van der Waals surface area contributed by atoms with Crippen LogP contribution in [0.3, 0.4) is 0 Å². The first-order valence-electron chi connectivity index (χ1n) is 5.88. The van der Waals surface area contributed by atoms with Crippen LogP contribution in [-0.2, 0) is 0 Å². The van der Waals surface area contributed by atoms with Crippen molar-refractivity contribution in [2.24, 2.45) is 5.11 Å². The molecule has 1 aromatic rings. The lowest BCUT2D eigenvalue weighted by atomic mass is 9.93. The molecule has 17 heavy (non-hydrogen) atoms. The first-order valence-corrected chi connectivity index (χ1v) is 5.88. The van der Waals surface area contributed by atoms with Crippen LogP contribution in [-0.4, -0.2) is 17.3 Å². The predicted octanol–water partition coefficient (Wildman–Crippen LogP) is 3.34. The second kappa shape index (κ2) is 5.57. The highest BCUT2D eigenvalue weighted by Crippen LogP contribution is 2.28. The molecular formula is C12H16N4O. The van der Waals surface area contributed by atoms with Crippen LogP contribution in [0.5, 0.6) is 0 Å². The molecule has 0 heterocycles. The Labute approximate surface area is 100 Å². The van der Waals surface area contributed by atoms with Crippen LogP contribution in [0, 0.1) is 0 Å². The van der Waals surface area contributed by atoms with Gasteiger partial charge >= 0.3 is 0 Å². The van der Waals surface area contributed by atoms with Gasteiger partial charge in [-0.3, -0.25) is 0 Å². The molecule has 1 aliphatic rings. The zero-order valence-electron chi connectivity index (χ0n) is 9.58. The third-order valence-corrected chi connectivity index (χ3v) is 3.11. The fourth-order valence-electron chi connectivity index (χ4n) is 2.17. The number of para-hydroxylation sites is 1. The summed E-state index contributed by atoms with van der Waals surface area (Å²) in [6, 6.07) is 7.82. The first-order chi connectivity index (χ1) is 8.29. The van der Waals surface area contributed by atoms with Crippen molar-refractivity contribution in [3.63, 3.8) is 0 Å². The molecule has 5 heteroatoms. The van der Waals surface area contributed by atoms with Crippen molar-refractivity contribution in [1.29, 1.82) is 0 Å². The lowest BCUT2D eigenvalue weighted by Gasteiger charge is -2.27. The average molecular weight is 232 g/mol. The van der Waals surface area contributed by atoms with Gasteiger partial charge in [-0.1, -0.05) is 23.3 Å². The summed E-state index contributed by atoms with van der Waals surface area (Å²) in [7, 11) is 0. The third-order valence-electron chi connectivity index (χ3n) is 3.11. The predicted molar refractivity (Wildman–Crippen MR) is 67.1 cm³/mol. The maximum absolute atomic E-state index is 9.44. The van der Waals surface area contributed by atoms with E-state index in [2.05, 4.69) is 15.3 Å². The van der Waals surface area contributed by atoms with E-state index in [0.29, 0.717) is 11.7 Å². The Kier molecular flexibility index (Phi) is 3.85. The maximum atomic E-state index is 9.44. The molecule has 1 fully saturated rings. The Morgan fingerprint density at radius 2 is 1.94 bits per heavy atom.